The van der Waals surface area contributed by atoms with Crippen LogP contribution in [0.2, 0.25) is 0 Å². The smallest absolute Gasteiger partial charge is 0.232 e. The first kappa shape index (κ1) is 14.3. The summed E-state index contributed by atoms with van der Waals surface area (Å²) in [4.78, 5) is 19.7. The second-order valence-corrected chi connectivity index (χ2v) is 7.10. The van der Waals surface area contributed by atoms with Crippen molar-refractivity contribution < 1.29 is 27.5 Å². The summed E-state index contributed by atoms with van der Waals surface area (Å²) in [5.41, 5.74) is -4.49. The summed E-state index contributed by atoms with van der Waals surface area (Å²) in [5, 5.41) is 0.310. The number of carbonyl (C=O) groups excluding carboxylic acids is 1. The van der Waals surface area contributed by atoms with Crippen molar-refractivity contribution in [2.24, 2.45) is 0 Å². The van der Waals surface area contributed by atoms with Crippen molar-refractivity contribution >= 4 is 32.5 Å². The van der Waals surface area contributed by atoms with Gasteiger partial charge in [0.25, 0.3) is 0 Å². The largest absolute Gasteiger partial charge is 0.345 e. The Kier molecular flexibility index (Phi) is 3.74. The van der Waals surface area contributed by atoms with E-state index in [2.05, 4.69) is 9.97 Å². The molecule has 0 radical (unpaired) electrons. The van der Waals surface area contributed by atoms with Crippen molar-refractivity contribution in [3.05, 3.63) is 58.9 Å². The van der Waals surface area contributed by atoms with Gasteiger partial charge in [0.2, 0.25) is 15.8 Å². The van der Waals surface area contributed by atoms with Gasteiger partial charge in [0.15, 0.2) is 5.82 Å². The van der Waals surface area contributed by atoms with E-state index in [1.54, 1.807) is 17.7 Å². The number of benzene rings is 1. The molecule has 0 aliphatic carbocycles. The Morgan fingerprint density at radius 2 is 2.11 bits per heavy atom. The van der Waals surface area contributed by atoms with Crippen LogP contribution in [0.25, 0.3) is 11.0 Å². The van der Waals surface area contributed by atoms with Gasteiger partial charge in [-0.05, 0) is 37.1 Å². The number of nitrogens with zero attached hydrogens (tertiary/aromatic N) is 1. The lowest BCUT2D eigenvalue weighted by Crippen LogP contribution is -2.18. The molecule has 0 saturated heterocycles. The number of nitrogens with one attached hydrogen (secondary N) is 2. The standard InChI is InChI=1S/C18H17F2N3O3S/c1-3-6-27(25,26)23-14-5-4-13(19)15(16(14)20)17(24)12-9-22-18-11(12)7-10(2)8-21-18/h4-5,7-9,23H,3,6H2,1-2H3,(H,21,22)/i3D2,6D2. The van der Waals surface area contributed by atoms with Crippen molar-refractivity contribution in [3.63, 3.8) is 0 Å². The van der Waals surface area contributed by atoms with Crippen LogP contribution in [0.5, 0.6) is 0 Å². The van der Waals surface area contributed by atoms with Crippen molar-refractivity contribution in [2.75, 3.05) is 10.4 Å². The third-order valence-corrected chi connectivity index (χ3v) is 4.67. The highest BCUT2D eigenvalue weighted by Crippen LogP contribution is 2.27. The monoisotopic (exact) mass is 397 g/mol. The number of aromatic amines is 1. The zero-order valence-electron chi connectivity index (χ0n) is 18.2. The number of pyridine rings is 1. The van der Waals surface area contributed by atoms with E-state index in [1.165, 1.54) is 12.4 Å². The summed E-state index contributed by atoms with van der Waals surface area (Å²) >= 11 is 0. The number of halogens is 2. The highest BCUT2D eigenvalue weighted by atomic mass is 32.2. The van der Waals surface area contributed by atoms with Gasteiger partial charge in [-0.15, -0.1) is 0 Å². The fourth-order valence-electron chi connectivity index (χ4n) is 2.57. The maximum absolute atomic E-state index is 15.0. The lowest BCUT2D eigenvalue weighted by Gasteiger charge is -2.11. The second-order valence-electron chi connectivity index (χ2n) is 5.68. The number of anilines is 1. The van der Waals surface area contributed by atoms with Crippen LogP contribution in [0.15, 0.2) is 30.6 Å². The molecule has 0 aliphatic rings. The molecule has 142 valence electrons. The molecule has 3 rings (SSSR count). The predicted molar refractivity (Wildman–Crippen MR) is 98.3 cm³/mol. The lowest BCUT2D eigenvalue weighted by atomic mass is 10.0. The van der Waals surface area contributed by atoms with Gasteiger partial charge in [0.1, 0.15) is 11.5 Å². The number of aromatic nitrogens is 2. The molecular formula is C18H17F2N3O3S. The molecule has 6 nitrogen and oxygen atoms in total. The van der Waals surface area contributed by atoms with Crippen molar-refractivity contribution in [1.29, 1.82) is 0 Å². The number of sulfonamides is 1. The minimum absolute atomic E-state index is 0.0933. The van der Waals surface area contributed by atoms with Crippen molar-refractivity contribution in [1.82, 2.24) is 9.97 Å². The zero-order chi connectivity index (χ0) is 23.4. The maximum Gasteiger partial charge on any atom is 0.232 e. The van der Waals surface area contributed by atoms with Crippen LogP contribution in [0.1, 0.15) is 40.3 Å². The molecule has 3 aromatic rings. The topological polar surface area (TPSA) is 91.9 Å². The minimum atomic E-state index is -5.12. The summed E-state index contributed by atoms with van der Waals surface area (Å²) < 4.78 is 85.7. The van der Waals surface area contributed by atoms with Crippen LogP contribution in [0.4, 0.5) is 14.5 Å². The Balaban J connectivity index is 2.09. The van der Waals surface area contributed by atoms with E-state index in [0.29, 0.717) is 35.7 Å². The van der Waals surface area contributed by atoms with Gasteiger partial charge in [-0.2, -0.15) is 0 Å². The summed E-state index contributed by atoms with van der Waals surface area (Å²) in [7, 11) is -5.12. The SMILES string of the molecule is [2H]C([2H])(C)C([2H])([2H])S(=O)(=O)Nc1ccc(F)c(C(=O)c2c[nH]c3ncc(C)cc23)c1F. The van der Waals surface area contributed by atoms with Crippen LogP contribution in [-0.4, -0.2) is 29.9 Å². The number of aryl methyl sites for hydroxylation is 1. The highest BCUT2D eigenvalue weighted by molar-refractivity contribution is 7.92. The molecule has 0 unspecified atom stereocenters. The number of fused-ring (bicyclic) bond motifs is 1. The van der Waals surface area contributed by atoms with E-state index in [9.17, 15) is 17.6 Å². The van der Waals surface area contributed by atoms with Gasteiger partial charge in [0.05, 0.1) is 17.0 Å². The van der Waals surface area contributed by atoms with E-state index in [0.717, 1.165) is 0 Å². The highest BCUT2D eigenvalue weighted by Gasteiger charge is 2.25. The molecule has 0 spiro atoms. The van der Waals surface area contributed by atoms with Gasteiger partial charge in [-0.3, -0.25) is 9.52 Å². The zero-order valence-corrected chi connectivity index (χ0v) is 15.0. The van der Waals surface area contributed by atoms with E-state index >= 15 is 4.39 Å². The molecule has 9 heteroatoms. The van der Waals surface area contributed by atoms with Gasteiger partial charge in [0, 0.05) is 28.8 Å². The number of H-pyrrole nitrogens is 1. The Morgan fingerprint density at radius 3 is 2.81 bits per heavy atom. The van der Waals surface area contributed by atoms with Gasteiger partial charge >= 0.3 is 0 Å². The van der Waals surface area contributed by atoms with Crippen LogP contribution in [-0.2, 0) is 10.0 Å². The molecule has 2 N–H and O–H groups in total. The average molecular weight is 397 g/mol. The molecule has 0 saturated carbocycles. The van der Waals surface area contributed by atoms with E-state index in [4.69, 9.17) is 5.48 Å². The molecule has 2 aromatic heterocycles. The molecule has 0 atom stereocenters. The van der Waals surface area contributed by atoms with Crippen molar-refractivity contribution in [3.8, 4) is 0 Å². The fraction of sp³-hybridized carbons (Fsp3) is 0.222. The first-order chi connectivity index (χ1) is 14.2. The van der Waals surface area contributed by atoms with Crippen molar-refractivity contribution in [2.45, 2.75) is 20.2 Å². The molecule has 2 heterocycles. The number of carbonyl (C=O) groups is 1. The fourth-order valence-corrected chi connectivity index (χ4v) is 3.34. The van der Waals surface area contributed by atoms with Gasteiger partial charge in [-0.1, -0.05) is 6.92 Å². The molecule has 0 fully saturated rings. The Labute approximate surface area is 160 Å². The molecule has 27 heavy (non-hydrogen) atoms. The number of ketones is 1. The van der Waals surface area contributed by atoms with E-state index in [-0.39, 0.29) is 5.56 Å². The Morgan fingerprint density at radius 1 is 1.37 bits per heavy atom. The van der Waals surface area contributed by atoms with Gasteiger partial charge in [-0.25, -0.2) is 22.2 Å². The Hall–Kier alpha value is -2.81. The predicted octanol–water partition coefficient (Wildman–Crippen LogP) is 3.53. The number of hydrogen-bond donors (Lipinski definition) is 2. The first-order valence-electron chi connectivity index (χ1n) is 9.66. The maximum atomic E-state index is 15.0. The molecular weight excluding hydrogens is 376 g/mol. The summed E-state index contributed by atoms with van der Waals surface area (Å²) in [6.45, 7) is 2.42. The van der Waals surface area contributed by atoms with Crippen LogP contribution >= 0.6 is 0 Å². The molecule has 0 bridgehead atoms. The summed E-state index contributed by atoms with van der Waals surface area (Å²) in [6.07, 6.45) is -0.0910. The summed E-state index contributed by atoms with van der Waals surface area (Å²) in [6, 6.07) is 2.93. The summed E-state index contributed by atoms with van der Waals surface area (Å²) in [5.74, 6) is -3.89. The first-order valence-corrected chi connectivity index (χ1v) is 9.14. The van der Waals surface area contributed by atoms with Crippen LogP contribution in [0, 0.1) is 18.6 Å². The van der Waals surface area contributed by atoms with Gasteiger partial charge < -0.3 is 4.98 Å². The number of hydrogen-bond acceptors (Lipinski definition) is 4. The number of rotatable bonds is 6. The van der Waals surface area contributed by atoms with Crippen LogP contribution < -0.4 is 4.72 Å². The third-order valence-electron chi connectivity index (χ3n) is 3.71. The quantitative estimate of drug-likeness (QED) is 0.623. The van der Waals surface area contributed by atoms with Crippen LogP contribution in [0.3, 0.4) is 0 Å². The minimum Gasteiger partial charge on any atom is -0.345 e. The van der Waals surface area contributed by atoms with E-state index in [1.807, 2.05) is 0 Å². The molecule has 0 aliphatic heterocycles. The molecule has 1 aromatic carbocycles. The Bertz CT molecular complexity index is 1300. The normalized spacial score (nSPS) is 15.0. The third kappa shape index (κ3) is 3.68. The molecule has 0 amide bonds. The van der Waals surface area contributed by atoms with E-state index < -0.39 is 50.8 Å². The lowest BCUT2D eigenvalue weighted by molar-refractivity contribution is 0.103. The average Bonchev–Trinajstić information content (AvgIpc) is 3.06. The second kappa shape index (κ2) is 7.07.